The lowest BCUT2D eigenvalue weighted by atomic mass is 10.3. The van der Waals surface area contributed by atoms with Crippen LogP contribution >= 0.6 is 23.1 Å². The summed E-state index contributed by atoms with van der Waals surface area (Å²) < 4.78 is 0. The fraction of sp³-hybridized carbons (Fsp3) is 0.667. The van der Waals surface area contributed by atoms with Gasteiger partial charge in [-0.05, 0) is 26.0 Å². The molecule has 94 valence electrons. The van der Waals surface area contributed by atoms with Crippen molar-refractivity contribution in [3.05, 3.63) is 10.6 Å². The van der Waals surface area contributed by atoms with Crippen molar-refractivity contribution < 1.29 is 4.79 Å². The van der Waals surface area contributed by atoms with E-state index in [1.807, 2.05) is 11.8 Å². The van der Waals surface area contributed by atoms with Crippen LogP contribution in [0.4, 0.5) is 5.13 Å². The van der Waals surface area contributed by atoms with Crippen molar-refractivity contribution in [2.24, 2.45) is 0 Å². The second kappa shape index (κ2) is 5.40. The van der Waals surface area contributed by atoms with E-state index in [-0.39, 0.29) is 0 Å². The van der Waals surface area contributed by atoms with Gasteiger partial charge in [-0.1, -0.05) is 11.3 Å². The molecule has 1 aromatic rings. The average molecular weight is 270 g/mol. The third-order valence-corrected chi connectivity index (χ3v) is 5.01. The van der Waals surface area contributed by atoms with Crippen molar-refractivity contribution in [2.75, 3.05) is 24.0 Å². The molecule has 1 aliphatic rings. The number of carbonyl (C=O) groups is 1. The summed E-state index contributed by atoms with van der Waals surface area (Å²) in [4.78, 5) is 18.7. The van der Waals surface area contributed by atoms with Gasteiger partial charge in [-0.2, -0.15) is 11.8 Å². The van der Waals surface area contributed by atoms with Crippen molar-refractivity contribution in [1.29, 1.82) is 0 Å². The summed E-state index contributed by atoms with van der Waals surface area (Å²) >= 11 is 3.36. The number of rotatable bonds is 6. The smallest absolute Gasteiger partial charge is 0.186 e. The number of hydrogen-bond donors (Lipinski definition) is 0. The molecular formula is C12H18N2OS2. The zero-order chi connectivity index (χ0) is 12.4. The Balaban J connectivity index is 2.17. The van der Waals surface area contributed by atoms with Gasteiger partial charge in [0.25, 0.3) is 0 Å². The van der Waals surface area contributed by atoms with E-state index >= 15 is 0 Å². The number of carbonyl (C=O) groups excluding carboxylic acids is 1. The summed E-state index contributed by atoms with van der Waals surface area (Å²) in [7, 11) is 2.06. The summed E-state index contributed by atoms with van der Waals surface area (Å²) in [5.41, 5.74) is 1.03. The summed E-state index contributed by atoms with van der Waals surface area (Å²) in [6.45, 7) is 2.19. The summed E-state index contributed by atoms with van der Waals surface area (Å²) in [6.07, 6.45) is 5.45. The van der Waals surface area contributed by atoms with Gasteiger partial charge in [0.05, 0.1) is 10.6 Å². The fourth-order valence-electron chi connectivity index (χ4n) is 1.76. The molecule has 3 nitrogen and oxygen atoms in total. The Hall–Kier alpha value is -0.550. The number of thiazole rings is 1. The Labute approximate surface area is 111 Å². The Kier molecular flexibility index (Phi) is 4.09. The highest BCUT2D eigenvalue weighted by Crippen LogP contribution is 2.43. The zero-order valence-electron chi connectivity index (χ0n) is 10.5. The van der Waals surface area contributed by atoms with Crippen LogP contribution in [0.5, 0.6) is 0 Å². The van der Waals surface area contributed by atoms with Crippen LogP contribution in [0.25, 0.3) is 0 Å². The normalized spacial score (nSPS) is 16.9. The van der Waals surface area contributed by atoms with E-state index in [1.54, 1.807) is 0 Å². The second-order valence-corrected chi connectivity index (χ2v) is 6.47. The Morgan fingerprint density at radius 2 is 2.35 bits per heavy atom. The summed E-state index contributed by atoms with van der Waals surface area (Å²) in [5, 5.41) is 0.982. The molecule has 1 aliphatic carbocycles. The van der Waals surface area contributed by atoms with E-state index in [0.29, 0.717) is 12.0 Å². The van der Waals surface area contributed by atoms with Crippen LogP contribution in [0.15, 0.2) is 0 Å². The van der Waals surface area contributed by atoms with Gasteiger partial charge >= 0.3 is 0 Å². The number of hydrogen-bond acceptors (Lipinski definition) is 5. The molecule has 0 bridgehead atoms. The number of aldehydes is 1. The predicted molar refractivity (Wildman–Crippen MR) is 75.7 cm³/mol. The largest absolute Gasteiger partial charge is 0.348 e. The number of aromatic nitrogens is 1. The molecule has 0 aliphatic heterocycles. The highest BCUT2D eigenvalue weighted by Gasteiger charge is 2.30. The molecular weight excluding hydrogens is 252 g/mol. The Morgan fingerprint density at radius 1 is 1.65 bits per heavy atom. The second-order valence-electron chi connectivity index (χ2n) is 4.55. The third kappa shape index (κ3) is 2.83. The maximum Gasteiger partial charge on any atom is 0.186 e. The molecule has 0 saturated heterocycles. The number of nitrogens with zero attached hydrogens (tertiary/aromatic N) is 2. The first-order chi connectivity index (χ1) is 8.17. The van der Waals surface area contributed by atoms with Crippen LogP contribution in [0.1, 0.15) is 41.0 Å². The lowest BCUT2D eigenvalue weighted by Gasteiger charge is -2.23. The Bertz CT molecular complexity index is 401. The summed E-state index contributed by atoms with van der Waals surface area (Å²) in [6, 6.07) is 0.447. The summed E-state index contributed by atoms with van der Waals surface area (Å²) in [5.74, 6) is 1.62. The van der Waals surface area contributed by atoms with E-state index in [2.05, 4.69) is 30.1 Å². The predicted octanol–water partition coefficient (Wildman–Crippen LogP) is 3.02. The molecule has 1 heterocycles. The lowest BCUT2D eigenvalue weighted by Crippen LogP contribution is -2.30. The van der Waals surface area contributed by atoms with E-state index in [9.17, 15) is 4.79 Å². The molecule has 17 heavy (non-hydrogen) atoms. The number of anilines is 1. The minimum atomic E-state index is 0.447. The first kappa shape index (κ1) is 12.9. The van der Waals surface area contributed by atoms with Gasteiger partial charge in [0.2, 0.25) is 0 Å². The quantitative estimate of drug-likeness (QED) is 0.744. The van der Waals surface area contributed by atoms with Gasteiger partial charge in [-0.3, -0.25) is 4.79 Å². The maximum atomic E-state index is 11.0. The van der Waals surface area contributed by atoms with Gasteiger partial charge in [-0.15, -0.1) is 0 Å². The molecule has 1 aromatic heterocycles. The minimum absolute atomic E-state index is 0.447. The lowest BCUT2D eigenvalue weighted by molar-refractivity contribution is 0.112. The molecule has 1 atom stereocenters. The SMILES string of the molecule is CSCC(C)N(C)c1nc(C2CC2)c(C=O)s1. The molecule has 2 rings (SSSR count). The molecule has 5 heteroatoms. The van der Waals surface area contributed by atoms with Crippen LogP contribution < -0.4 is 4.90 Å². The van der Waals surface area contributed by atoms with Crippen molar-refractivity contribution in [1.82, 2.24) is 4.98 Å². The van der Waals surface area contributed by atoms with E-state index in [0.717, 1.165) is 27.7 Å². The molecule has 1 saturated carbocycles. The third-order valence-electron chi connectivity index (χ3n) is 3.11. The highest BCUT2D eigenvalue weighted by atomic mass is 32.2. The highest BCUT2D eigenvalue weighted by molar-refractivity contribution is 7.98. The van der Waals surface area contributed by atoms with Crippen molar-refractivity contribution in [2.45, 2.75) is 31.7 Å². The van der Waals surface area contributed by atoms with Gasteiger partial charge < -0.3 is 4.90 Å². The van der Waals surface area contributed by atoms with E-state index < -0.39 is 0 Å². The van der Waals surface area contributed by atoms with Crippen LogP contribution in [-0.4, -0.2) is 36.4 Å². The molecule has 0 spiro atoms. The minimum Gasteiger partial charge on any atom is -0.348 e. The molecule has 0 radical (unpaired) electrons. The van der Waals surface area contributed by atoms with Crippen LogP contribution in [0.2, 0.25) is 0 Å². The first-order valence-electron chi connectivity index (χ1n) is 5.85. The van der Waals surface area contributed by atoms with E-state index in [4.69, 9.17) is 0 Å². The molecule has 1 fully saturated rings. The molecule has 0 N–H and O–H groups in total. The van der Waals surface area contributed by atoms with Crippen LogP contribution in [0, 0.1) is 0 Å². The van der Waals surface area contributed by atoms with Gasteiger partial charge in [0.1, 0.15) is 0 Å². The fourth-order valence-corrected chi connectivity index (χ4v) is 3.49. The first-order valence-corrected chi connectivity index (χ1v) is 8.06. The van der Waals surface area contributed by atoms with E-state index in [1.165, 1.54) is 24.2 Å². The molecule has 0 aromatic carbocycles. The topological polar surface area (TPSA) is 33.2 Å². The number of thioether (sulfide) groups is 1. The average Bonchev–Trinajstić information content (AvgIpc) is 3.08. The maximum absolute atomic E-state index is 11.0. The molecule has 1 unspecified atom stereocenters. The van der Waals surface area contributed by atoms with Crippen molar-refractivity contribution in [3.63, 3.8) is 0 Å². The van der Waals surface area contributed by atoms with Gasteiger partial charge in [0.15, 0.2) is 11.4 Å². The van der Waals surface area contributed by atoms with Crippen molar-refractivity contribution >= 4 is 34.5 Å². The molecule has 0 amide bonds. The van der Waals surface area contributed by atoms with Gasteiger partial charge in [-0.25, -0.2) is 4.98 Å². The Morgan fingerprint density at radius 3 is 2.88 bits per heavy atom. The zero-order valence-corrected chi connectivity index (χ0v) is 12.1. The van der Waals surface area contributed by atoms with Crippen LogP contribution in [-0.2, 0) is 0 Å². The standard InChI is InChI=1S/C12H18N2OS2/c1-8(7-16-3)14(2)12-13-11(9-4-5-9)10(6-15)17-12/h6,8-9H,4-5,7H2,1-3H3. The van der Waals surface area contributed by atoms with Crippen molar-refractivity contribution in [3.8, 4) is 0 Å². The van der Waals surface area contributed by atoms with Gasteiger partial charge in [0, 0.05) is 24.8 Å². The monoisotopic (exact) mass is 270 g/mol. The van der Waals surface area contributed by atoms with Crippen LogP contribution in [0.3, 0.4) is 0 Å².